The van der Waals surface area contributed by atoms with Gasteiger partial charge < -0.3 is 11.1 Å². The van der Waals surface area contributed by atoms with Gasteiger partial charge in [0.1, 0.15) is 0 Å². The Morgan fingerprint density at radius 1 is 1.11 bits per heavy atom. The molecule has 4 unspecified atom stereocenters. The van der Waals surface area contributed by atoms with Gasteiger partial charge in [0.15, 0.2) is 0 Å². The number of fused-ring (bicyclic) bond motifs is 2. The second-order valence-electron chi connectivity index (χ2n) is 6.50. The number of hydrogen-bond acceptors (Lipinski definition) is 2. The first kappa shape index (κ1) is 14.8. The number of amides is 1. The van der Waals surface area contributed by atoms with Crippen LogP contribution in [0.2, 0.25) is 0 Å². The highest BCUT2D eigenvalue weighted by Crippen LogP contribution is 2.47. The van der Waals surface area contributed by atoms with Crippen molar-refractivity contribution in [3.8, 4) is 0 Å². The molecule has 2 saturated carbocycles. The van der Waals surface area contributed by atoms with Gasteiger partial charge in [-0.25, -0.2) is 0 Å². The topological polar surface area (TPSA) is 55.1 Å². The van der Waals surface area contributed by atoms with Crippen LogP contribution in [0, 0.1) is 17.8 Å². The fourth-order valence-corrected chi connectivity index (χ4v) is 3.96. The maximum atomic E-state index is 12.2. The van der Waals surface area contributed by atoms with Gasteiger partial charge in [0.05, 0.1) is 5.92 Å². The van der Waals surface area contributed by atoms with Crippen molar-refractivity contribution < 1.29 is 4.79 Å². The number of nitrogens with one attached hydrogen (secondary N) is 1. The van der Waals surface area contributed by atoms with E-state index in [9.17, 15) is 4.79 Å². The summed E-state index contributed by atoms with van der Waals surface area (Å²) in [4.78, 5) is 12.2. The summed E-state index contributed by atoms with van der Waals surface area (Å²) in [6, 6.07) is 0.128. The lowest BCUT2D eigenvalue weighted by Gasteiger charge is -2.27. The fourth-order valence-electron chi connectivity index (χ4n) is 3.96. The smallest absolute Gasteiger partial charge is 0.224 e. The van der Waals surface area contributed by atoms with Crippen molar-refractivity contribution in [3.05, 3.63) is 0 Å². The maximum Gasteiger partial charge on any atom is 0.224 e. The zero-order valence-corrected chi connectivity index (χ0v) is 12.4. The highest BCUT2D eigenvalue weighted by atomic mass is 16.1. The predicted molar refractivity (Wildman–Crippen MR) is 78.7 cm³/mol. The van der Waals surface area contributed by atoms with E-state index in [4.69, 9.17) is 5.73 Å². The Bertz CT molecular complexity index is 290. The Morgan fingerprint density at radius 3 is 2.47 bits per heavy atom. The van der Waals surface area contributed by atoms with Crippen molar-refractivity contribution in [3.63, 3.8) is 0 Å². The quantitative estimate of drug-likeness (QED) is 0.664. The summed E-state index contributed by atoms with van der Waals surface area (Å²) < 4.78 is 0. The average molecular weight is 266 g/mol. The summed E-state index contributed by atoms with van der Waals surface area (Å²) in [7, 11) is 0. The van der Waals surface area contributed by atoms with Gasteiger partial charge in [0.2, 0.25) is 5.91 Å². The molecule has 19 heavy (non-hydrogen) atoms. The molecule has 0 aromatic heterocycles. The van der Waals surface area contributed by atoms with Gasteiger partial charge in [-0.15, -0.1) is 0 Å². The fraction of sp³-hybridized carbons (Fsp3) is 0.938. The minimum atomic E-state index is 0.110. The zero-order chi connectivity index (χ0) is 13.7. The lowest BCUT2D eigenvalue weighted by Crippen LogP contribution is -2.45. The van der Waals surface area contributed by atoms with E-state index in [0.29, 0.717) is 11.8 Å². The molecule has 0 radical (unpaired) electrons. The van der Waals surface area contributed by atoms with Crippen molar-refractivity contribution in [2.24, 2.45) is 23.5 Å². The van der Waals surface area contributed by atoms with Crippen molar-refractivity contribution >= 4 is 5.91 Å². The molecule has 3 heteroatoms. The molecule has 3 N–H and O–H groups in total. The first-order valence-corrected chi connectivity index (χ1v) is 8.27. The number of rotatable bonds is 8. The number of carbonyl (C=O) groups excluding carboxylic acids is 1. The first-order valence-electron chi connectivity index (χ1n) is 8.27. The van der Waals surface area contributed by atoms with Crippen LogP contribution < -0.4 is 11.1 Å². The molecule has 0 aliphatic heterocycles. The van der Waals surface area contributed by atoms with E-state index >= 15 is 0 Å². The summed E-state index contributed by atoms with van der Waals surface area (Å²) in [5, 5.41) is 3.11. The van der Waals surface area contributed by atoms with Crippen LogP contribution in [-0.2, 0) is 4.79 Å². The Hall–Kier alpha value is -0.570. The number of carbonyl (C=O) groups is 1. The van der Waals surface area contributed by atoms with Gasteiger partial charge in [-0.1, -0.05) is 39.0 Å². The third-order valence-corrected chi connectivity index (χ3v) is 5.11. The standard InChI is InChI=1S/C16H30N2O/c1-2-3-4-5-6-7-10-18-16(19)14-12-8-9-13(11-12)15(14)17/h12-15H,2-11,17H2,1H3,(H,18,19). The van der Waals surface area contributed by atoms with Crippen LogP contribution in [0.4, 0.5) is 0 Å². The summed E-state index contributed by atoms with van der Waals surface area (Å²) in [5.41, 5.74) is 6.19. The van der Waals surface area contributed by atoms with Crippen molar-refractivity contribution in [2.75, 3.05) is 6.54 Å². The van der Waals surface area contributed by atoms with Crippen LogP contribution in [-0.4, -0.2) is 18.5 Å². The van der Waals surface area contributed by atoms with E-state index in [-0.39, 0.29) is 17.9 Å². The molecule has 2 aliphatic carbocycles. The van der Waals surface area contributed by atoms with Gasteiger partial charge in [0, 0.05) is 12.6 Å². The first-order chi connectivity index (χ1) is 9.24. The van der Waals surface area contributed by atoms with E-state index < -0.39 is 0 Å². The van der Waals surface area contributed by atoms with Crippen molar-refractivity contribution in [1.82, 2.24) is 5.32 Å². The number of nitrogens with two attached hydrogens (primary N) is 1. The largest absolute Gasteiger partial charge is 0.356 e. The van der Waals surface area contributed by atoms with Gasteiger partial charge >= 0.3 is 0 Å². The third kappa shape index (κ3) is 3.71. The summed E-state index contributed by atoms with van der Waals surface area (Å²) >= 11 is 0. The molecule has 1 amide bonds. The van der Waals surface area contributed by atoms with E-state index in [1.165, 1.54) is 51.4 Å². The maximum absolute atomic E-state index is 12.2. The Labute approximate surface area is 117 Å². The molecule has 3 nitrogen and oxygen atoms in total. The minimum absolute atomic E-state index is 0.110. The zero-order valence-electron chi connectivity index (χ0n) is 12.4. The van der Waals surface area contributed by atoms with E-state index in [0.717, 1.165) is 13.0 Å². The minimum Gasteiger partial charge on any atom is -0.356 e. The third-order valence-electron chi connectivity index (χ3n) is 5.11. The Morgan fingerprint density at radius 2 is 1.79 bits per heavy atom. The molecule has 0 heterocycles. The molecule has 110 valence electrons. The van der Waals surface area contributed by atoms with Crippen LogP contribution in [0.25, 0.3) is 0 Å². The van der Waals surface area contributed by atoms with E-state index in [2.05, 4.69) is 12.2 Å². The number of unbranched alkanes of at least 4 members (excludes halogenated alkanes) is 5. The van der Waals surface area contributed by atoms with Gasteiger partial charge in [0.25, 0.3) is 0 Å². The van der Waals surface area contributed by atoms with Gasteiger partial charge in [-0.3, -0.25) is 4.79 Å². The Balaban J connectivity index is 1.57. The second-order valence-corrected chi connectivity index (χ2v) is 6.50. The molecule has 2 rings (SSSR count). The SMILES string of the molecule is CCCCCCCCNC(=O)C1C2CCC(C2)C1N. The molecule has 0 spiro atoms. The molecule has 0 aromatic rings. The normalized spacial score (nSPS) is 32.7. The second kappa shape index (κ2) is 7.28. The predicted octanol–water partition coefficient (Wildman–Crippen LogP) is 2.84. The molecule has 0 saturated heterocycles. The summed E-state index contributed by atoms with van der Waals surface area (Å²) in [5.74, 6) is 1.53. The Kier molecular flexibility index (Phi) is 5.68. The lowest BCUT2D eigenvalue weighted by atomic mass is 9.84. The van der Waals surface area contributed by atoms with Crippen LogP contribution in [0.1, 0.15) is 64.7 Å². The number of hydrogen-bond donors (Lipinski definition) is 2. The van der Waals surface area contributed by atoms with Gasteiger partial charge in [-0.05, 0) is 37.5 Å². The van der Waals surface area contributed by atoms with Crippen LogP contribution in [0.15, 0.2) is 0 Å². The van der Waals surface area contributed by atoms with Crippen LogP contribution in [0.5, 0.6) is 0 Å². The highest BCUT2D eigenvalue weighted by molar-refractivity contribution is 5.80. The van der Waals surface area contributed by atoms with Crippen molar-refractivity contribution in [2.45, 2.75) is 70.8 Å². The highest BCUT2D eigenvalue weighted by Gasteiger charge is 2.48. The molecular formula is C16H30N2O. The van der Waals surface area contributed by atoms with Crippen LogP contribution >= 0.6 is 0 Å². The van der Waals surface area contributed by atoms with Crippen molar-refractivity contribution in [1.29, 1.82) is 0 Å². The van der Waals surface area contributed by atoms with Crippen LogP contribution in [0.3, 0.4) is 0 Å². The van der Waals surface area contributed by atoms with Gasteiger partial charge in [-0.2, -0.15) is 0 Å². The average Bonchev–Trinajstić information content (AvgIpc) is 2.98. The molecular weight excluding hydrogens is 236 g/mol. The molecule has 4 atom stereocenters. The van der Waals surface area contributed by atoms with E-state index in [1.54, 1.807) is 0 Å². The summed E-state index contributed by atoms with van der Waals surface area (Å²) in [6.07, 6.45) is 11.3. The van der Waals surface area contributed by atoms with E-state index in [1.807, 2.05) is 0 Å². The molecule has 2 aliphatic rings. The molecule has 2 fully saturated rings. The molecule has 0 aromatic carbocycles. The monoisotopic (exact) mass is 266 g/mol. The lowest BCUT2D eigenvalue weighted by molar-refractivity contribution is -0.127. The summed E-state index contributed by atoms with van der Waals surface area (Å²) in [6.45, 7) is 3.07. The molecule has 2 bridgehead atoms.